The quantitative estimate of drug-likeness (QED) is 0.699. The lowest BCUT2D eigenvalue weighted by molar-refractivity contribution is 0.0989. The number of aromatic nitrogens is 1. The highest BCUT2D eigenvalue weighted by Gasteiger charge is 2.25. The van der Waals surface area contributed by atoms with E-state index in [1.807, 2.05) is 41.3 Å². The van der Waals surface area contributed by atoms with E-state index >= 15 is 0 Å². The van der Waals surface area contributed by atoms with Crippen molar-refractivity contribution in [1.82, 2.24) is 4.98 Å². The topological polar surface area (TPSA) is 45.7 Å². The lowest BCUT2D eigenvalue weighted by Gasteiger charge is -2.25. The van der Waals surface area contributed by atoms with Crippen molar-refractivity contribution >= 4 is 38.3 Å². The number of nitrogens with zero attached hydrogens (tertiary/aromatic N) is 3. The van der Waals surface area contributed by atoms with E-state index in [0.717, 1.165) is 65.9 Å². The highest BCUT2D eigenvalue weighted by atomic mass is 32.1. The molecule has 0 saturated carbocycles. The number of carbonyl (C=O) groups excluding carboxylic acids is 1. The minimum atomic E-state index is 0.0678. The van der Waals surface area contributed by atoms with Crippen LogP contribution in [0.15, 0.2) is 42.5 Å². The maximum atomic E-state index is 13.0. The van der Waals surface area contributed by atoms with E-state index in [1.165, 1.54) is 5.56 Å². The van der Waals surface area contributed by atoms with Gasteiger partial charge in [0.1, 0.15) is 0 Å². The Morgan fingerprint density at radius 3 is 2.81 bits per heavy atom. The van der Waals surface area contributed by atoms with Crippen LogP contribution in [0.4, 0.5) is 10.8 Å². The summed E-state index contributed by atoms with van der Waals surface area (Å²) >= 11 is 1.65. The summed E-state index contributed by atoms with van der Waals surface area (Å²) in [5.41, 5.74) is 3.96. The third-order valence-electron chi connectivity index (χ3n) is 5.04. The average Bonchev–Trinajstić information content (AvgIpc) is 3.32. The zero-order chi connectivity index (χ0) is 17.5. The Kier molecular flexibility index (Phi) is 3.87. The van der Waals surface area contributed by atoms with Crippen LogP contribution in [-0.2, 0) is 11.2 Å². The zero-order valence-electron chi connectivity index (χ0n) is 14.4. The van der Waals surface area contributed by atoms with Crippen LogP contribution in [0.1, 0.15) is 15.9 Å². The van der Waals surface area contributed by atoms with Crippen LogP contribution in [0, 0.1) is 0 Å². The van der Waals surface area contributed by atoms with E-state index in [1.54, 1.807) is 11.3 Å². The number of anilines is 2. The number of ether oxygens (including phenoxy) is 1. The van der Waals surface area contributed by atoms with Gasteiger partial charge in [0.05, 0.1) is 23.4 Å². The fraction of sp³-hybridized carbons (Fsp3) is 0.300. The fourth-order valence-corrected chi connectivity index (χ4v) is 4.70. The summed E-state index contributed by atoms with van der Waals surface area (Å²) in [7, 11) is 0. The number of morpholine rings is 1. The third kappa shape index (κ3) is 2.66. The van der Waals surface area contributed by atoms with Gasteiger partial charge in [0.15, 0.2) is 5.13 Å². The largest absolute Gasteiger partial charge is 0.378 e. The summed E-state index contributed by atoms with van der Waals surface area (Å²) in [5.74, 6) is 0.0678. The molecule has 132 valence electrons. The van der Waals surface area contributed by atoms with Crippen LogP contribution < -0.4 is 9.80 Å². The van der Waals surface area contributed by atoms with Gasteiger partial charge in [-0.3, -0.25) is 4.79 Å². The van der Waals surface area contributed by atoms with Gasteiger partial charge in [0, 0.05) is 30.9 Å². The van der Waals surface area contributed by atoms with Crippen LogP contribution in [-0.4, -0.2) is 43.7 Å². The van der Waals surface area contributed by atoms with Gasteiger partial charge in [-0.15, -0.1) is 0 Å². The first-order valence-corrected chi connectivity index (χ1v) is 9.74. The first-order chi connectivity index (χ1) is 12.8. The van der Waals surface area contributed by atoms with E-state index in [2.05, 4.69) is 11.0 Å². The molecule has 0 spiro atoms. The van der Waals surface area contributed by atoms with Crippen molar-refractivity contribution in [2.24, 2.45) is 0 Å². The Morgan fingerprint density at radius 2 is 1.92 bits per heavy atom. The van der Waals surface area contributed by atoms with E-state index in [4.69, 9.17) is 9.72 Å². The molecule has 6 heteroatoms. The van der Waals surface area contributed by atoms with Crippen LogP contribution in [0.3, 0.4) is 0 Å². The Labute approximate surface area is 155 Å². The molecule has 26 heavy (non-hydrogen) atoms. The highest BCUT2D eigenvalue weighted by Crippen LogP contribution is 2.32. The van der Waals surface area contributed by atoms with Crippen molar-refractivity contribution in [1.29, 1.82) is 0 Å². The molecule has 0 radical (unpaired) electrons. The van der Waals surface area contributed by atoms with Crippen molar-refractivity contribution < 1.29 is 9.53 Å². The lowest BCUT2D eigenvalue weighted by atomic mass is 10.1. The van der Waals surface area contributed by atoms with Gasteiger partial charge in [-0.1, -0.05) is 29.5 Å². The number of rotatable bonds is 2. The highest BCUT2D eigenvalue weighted by molar-refractivity contribution is 7.22. The van der Waals surface area contributed by atoms with Gasteiger partial charge in [0.2, 0.25) is 0 Å². The van der Waals surface area contributed by atoms with E-state index in [0.29, 0.717) is 0 Å². The van der Waals surface area contributed by atoms with Crippen LogP contribution in [0.2, 0.25) is 0 Å². The first-order valence-electron chi connectivity index (χ1n) is 8.93. The normalized spacial score (nSPS) is 16.9. The minimum Gasteiger partial charge on any atom is -0.378 e. The van der Waals surface area contributed by atoms with Crippen molar-refractivity contribution in [3.63, 3.8) is 0 Å². The van der Waals surface area contributed by atoms with Gasteiger partial charge < -0.3 is 14.5 Å². The Morgan fingerprint density at radius 1 is 1.08 bits per heavy atom. The molecule has 1 fully saturated rings. The number of fused-ring (bicyclic) bond motifs is 2. The molecule has 1 amide bonds. The molecule has 1 saturated heterocycles. The molecular weight excluding hydrogens is 346 g/mol. The monoisotopic (exact) mass is 365 g/mol. The van der Waals surface area contributed by atoms with E-state index < -0.39 is 0 Å². The molecule has 2 aromatic carbocycles. The maximum Gasteiger partial charge on any atom is 0.258 e. The summed E-state index contributed by atoms with van der Waals surface area (Å²) in [5, 5.41) is 1.01. The van der Waals surface area contributed by atoms with Crippen molar-refractivity contribution in [3.8, 4) is 0 Å². The number of benzene rings is 2. The second kappa shape index (κ2) is 6.37. The molecular formula is C20H19N3O2S. The van der Waals surface area contributed by atoms with E-state index in [-0.39, 0.29) is 5.91 Å². The summed E-state index contributed by atoms with van der Waals surface area (Å²) in [6.07, 6.45) is 0.923. The molecule has 0 bridgehead atoms. The number of hydrogen-bond donors (Lipinski definition) is 0. The standard InChI is InChI=1S/C20H19N3O2S/c24-19(23-8-7-14-3-1-2-4-17(14)23)15-5-6-16-18(13-15)26-20(21-16)22-9-11-25-12-10-22/h1-6,13H,7-12H2. The van der Waals surface area contributed by atoms with E-state index in [9.17, 15) is 4.79 Å². The number of amides is 1. The van der Waals surface area contributed by atoms with Crippen LogP contribution in [0.25, 0.3) is 10.2 Å². The third-order valence-corrected chi connectivity index (χ3v) is 6.12. The fourth-order valence-electron chi connectivity index (χ4n) is 3.64. The number of hydrogen-bond acceptors (Lipinski definition) is 5. The molecule has 0 aliphatic carbocycles. The van der Waals surface area contributed by atoms with Crippen molar-refractivity contribution in [2.75, 3.05) is 42.6 Å². The summed E-state index contributed by atoms with van der Waals surface area (Å²) in [4.78, 5) is 21.9. The average molecular weight is 365 g/mol. The van der Waals surface area contributed by atoms with Crippen molar-refractivity contribution in [2.45, 2.75) is 6.42 Å². The molecule has 5 rings (SSSR count). The summed E-state index contributed by atoms with van der Waals surface area (Å²) in [6, 6.07) is 14.0. The molecule has 3 aromatic rings. The first kappa shape index (κ1) is 15.8. The molecule has 0 unspecified atom stereocenters. The molecule has 5 nitrogen and oxygen atoms in total. The van der Waals surface area contributed by atoms with Gasteiger partial charge >= 0.3 is 0 Å². The molecule has 0 atom stereocenters. The van der Waals surface area contributed by atoms with Gasteiger partial charge in [-0.05, 0) is 36.2 Å². The summed E-state index contributed by atoms with van der Waals surface area (Å²) < 4.78 is 6.48. The molecule has 0 N–H and O–H groups in total. The summed E-state index contributed by atoms with van der Waals surface area (Å²) in [6.45, 7) is 3.98. The SMILES string of the molecule is O=C(c1ccc2nc(N3CCOCC3)sc2c1)N1CCc2ccccc21. The van der Waals surface area contributed by atoms with Crippen molar-refractivity contribution in [3.05, 3.63) is 53.6 Å². The number of thiazole rings is 1. The zero-order valence-corrected chi connectivity index (χ0v) is 15.2. The second-order valence-corrected chi connectivity index (χ2v) is 7.62. The smallest absolute Gasteiger partial charge is 0.258 e. The second-order valence-electron chi connectivity index (χ2n) is 6.61. The predicted octanol–water partition coefficient (Wildman–Crippen LogP) is 3.34. The molecule has 2 aliphatic rings. The number of para-hydroxylation sites is 1. The molecule has 2 aliphatic heterocycles. The predicted molar refractivity (Wildman–Crippen MR) is 104 cm³/mol. The lowest BCUT2D eigenvalue weighted by Crippen LogP contribution is -2.36. The minimum absolute atomic E-state index is 0.0678. The van der Waals surface area contributed by atoms with Gasteiger partial charge in [-0.2, -0.15) is 0 Å². The Bertz CT molecular complexity index is 978. The Hall–Kier alpha value is -2.44. The van der Waals surface area contributed by atoms with Gasteiger partial charge in [-0.25, -0.2) is 4.98 Å². The molecule has 1 aromatic heterocycles. The van der Waals surface area contributed by atoms with Crippen LogP contribution in [0.5, 0.6) is 0 Å². The maximum absolute atomic E-state index is 13.0. The Balaban J connectivity index is 1.45. The van der Waals surface area contributed by atoms with Crippen LogP contribution >= 0.6 is 11.3 Å². The number of carbonyl (C=O) groups is 1. The van der Waals surface area contributed by atoms with Gasteiger partial charge in [0.25, 0.3) is 5.91 Å². The molecule has 3 heterocycles.